The summed E-state index contributed by atoms with van der Waals surface area (Å²) in [6.45, 7) is 0. The lowest BCUT2D eigenvalue weighted by atomic mass is 9.90. The van der Waals surface area contributed by atoms with Gasteiger partial charge in [-0.3, -0.25) is 0 Å². The van der Waals surface area contributed by atoms with E-state index < -0.39 is 0 Å². The molecule has 0 spiro atoms. The van der Waals surface area contributed by atoms with Crippen LogP contribution in [0, 0.1) is 0 Å². The highest BCUT2D eigenvalue weighted by Crippen LogP contribution is 2.48. The average molecular weight is 797 g/mol. The smallest absolute Gasteiger partial charge is 0.160 e. The standard InChI is InChI=1S/C56H36N4S/c1-3-15-36(16-4-1)38-29-30-48-46(33-38)54-45-25-9-12-28-53(45)61-35-47(54)55(57-48)40-20-13-21-41(31-40)56-58-49(37-17-5-2-6-18-37)34-50(59-56)39-19-14-22-42(32-39)60-51-26-10-7-23-43(51)44-24-8-11-27-52(44)60/h1-34H,35H2. The van der Waals surface area contributed by atoms with Crippen LogP contribution in [0.4, 0.5) is 0 Å². The molecule has 0 fully saturated rings. The summed E-state index contributed by atoms with van der Waals surface area (Å²) < 4.78 is 2.36. The molecule has 0 aliphatic carbocycles. The Bertz CT molecular complexity index is 3430. The first-order chi connectivity index (χ1) is 30.2. The molecular formula is C56H36N4S. The zero-order chi connectivity index (χ0) is 40.3. The number of hydrogen-bond donors (Lipinski definition) is 0. The number of thioether (sulfide) groups is 1. The predicted octanol–water partition coefficient (Wildman–Crippen LogP) is 14.7. The normalized spacial score (nSPS) is 12.1. The second-order valence-electron chi connectivity index (χ2n) is 15.5. The first-order valence-corrected chi connectivity index (χ1v) is 21.6. The number of benzene rings is 8. The van der Waals surface area contributed by atoms with Gasteiger partial charge in [-0.05, 0) is 82.4 Å². The molecule has 4 heterocycles. The van der Waals surface area contributed by atoms with Gasteiger partial charge in [0, 0.05) is 54.7 Å². The van der Waals surface area contributed by atoms with Gasteiger partial charge in [-0.2, -0.15) is 0 Å². The average Bonchev–Trinajstić information content (AvgIpc) is 3.68. The van der Waals surface area contributed by atoms with Crippen molar-refractivity contribution in [2.45, 2.75) is 10.6 Å². The summed E-state index contributed by atoms with van der Waals surface area (Å²) in [6.07, 6.45) is 0. The van der Waals surface area contributed by atoms with Gasteiger partial charge in [0.25, 0.3) is 0 Å². The van der Waals surface area contributed by atoms with Crippen LogP contribution in [0.2, 0.25) is 0 Å². The van der Waals surface area contributed by atoms with Crippen molar-refractivity contribution in [2.75, 3.05) is 0 Å². The molecule has 4 nitrogen and oxygen atoms in total. The number of aromatic nitrogens is 4. The molecule has 1 aliphatic heterocycles. The molecule has 0 unspecified atom stereocenters. The second kappa shape index (κ2) is 14.6. The van der Waals surface area contributed by atoms with Crippen LogP contribution < -0.4 is 0 Å². The van der Waals surface area contributed by atoms with Gasteiger partial charge in [-0.1, -0.05) is 152 Å². The molecule has 0 N–H and O–H groups in total. The van der Waals surface area contributed by atoms with Gasteiger partial charge in [0.1, 0.15) is 0 Å². The number of nitrogens with zero attached hydrogens (tertiary/aromatic N) is 4. The summed E-state index contributed by atoms with van der Waals surface area (Å²) in [6, 6.07) is 73.2. The van der Waals surface area contributed by atoms with Crippen molar-refractivity contribution in [3.63, 3.8) is 0 Å². The number of fused-ring (bicyclic) bond motifs is 8. The van der Waals surface area contributed by atoms with Gasteiger partial charge in [0.05, 0.1) is 33.6 Å². The van der Waals surface area contributed by atoms with E-state index in [1.54, 1.807) is 0 Å². The van der Waals surface area contributed by atoms with Crippen LogP contribution in [-0.4, -0.2) is 19.5 Å². The number of pyridine rings is 1. The van der Waals surface area contributed by atoms with E-state index >= 15 is 0 Å². The summed E-state index contributed by atoms with van der Waals surface area (Å²) >= 11 is 1.88. The highest BCUT2D eigenvalue weighted by Gasteiger charge is 2.25. The van der Waals surface area contributed by atoms with Crippen molar-refractivity contribution >= 4 is 44.5 Å². The number of rotatable bonds is 6. The van der Waals surface area contributed by atoms with Crippen molar-refractivity contribution in [1.29, 1.82) is 0 Å². The van der Waals surface area contributed by atoms with Crippen LogP contribution in [0.25, 0.3) is 106 Å². The van der Waals surface area contributed by atoms with Gasteiger partial charge < -0.3 is 4.57 Å². The molecule has 0 saturated heterocycles. The predicted molar refractivity (Wildman–Crippen MR) is 254 cm³/mol. The molecule has 61 heavy (non-hydrogen) atoms. The molecule has 3 aromatic heterocycles. The van der Waals surface area contributed by atoms with Crippen LogP contribution in [-0.2, 0) is 5.75 Å². The molecule has 5 heteroatoms. The fraction of sp³-hybridized carbons (Fsp3) is 0.0179. The van der Waals surface area contributed by atoms with Crippen molar-refractivity contribution in [3.8, 4) is 73.1 Å². The highest BCUT2D eigenvalue weighted by molar-refractivity contribution is 7.98. The van der Waals surface area contributed by atoms with Crippen molar-refractivity contribution in [2.24, 2.45) is 0 Å². The molecule has 8 aromatic carbocycles. The summed E-state index contributed by atoms with van der Waals surface area (Å²) in [5, 5.41) is 3.65. The van der Waals surface area contributed by atoms with Crippen LogP contribution >= 0.6 is 11.8 Å². The van der Waals surface area contributed by atoms with Gasteiger partial charge in [-0.25, -0.2) is 15.0 Å². The minimum Gasteiger partial charge on any atom is -0.309 e. The van der Waals surface area contributed by atoms with E-state index in [4.69, 9.17) is 15.0 Å². The van der Waals surface area contributed by atoms with Crippen molar-refractivity contribution in [1.82, 2.24) is 19.5 Å². The van der Waals surface area contributed by atoms with Crippen LogP contribution in [0.1, 0.15) is 5.56 Å². The Morgan fingerprint density at radius 1 is 0.410 bits per heavy atom. The quantitative estimate of drug-likeness (QED) is 0.168. The Morgan fingerprint density at radius 3 is 1.82 bits per heavy atom. The first kappa shape index (κ1) is 35.4. The third-order valence-corrected chi connectivity index (χ3v) is 13.0. The van der Waals surface area contributed by atoms with E-state index in [1.165, 1.54) is 59.9 Å². The molecule has 286 valence electrons. The van der Waals surface area contributed by atoms with Crippen molar-refractivity contribution < 1.29 is 0 Å². The zero-order valence-corrected chi connectivity index (χ0v) is 33.9. The maximum atomic E-state index is 5.45. The van der Waals surface area contributed by atoms with E-state index in [0.29, 0.717) is 5.82 Å². The van der Waals surface area contributed by atoms with E-state index in [-0.39, 0.29) is 0 Å². The Hall–Kier alpha value is -7.60. The van der Waals surface area contributed by atoms with Gasteiger partial charge >= 0.3 is 0 Å². The third-order valence-electron chi connectivity index (χ3n) is 11.9. The van der Waals surface area contributed by atoms with Crippen LogP contribution in [0.15, 0.2) is 211 Å². The molecule has 0 bridgehead atoms. The SMILES string of the molecule is c1ccc(-c2ccc3nc(-c4cccc(-c5nc(-c6ccccc6)cc(-c6cccc(-n7c8ccccc8c8ccccc87)c6)n5)c4)c4c(c3c2)-c2ccccc2SC4)cc1. The van der Waals surface area contributed by atoms with E-state index in [0.717, 1.165) is 56.3 Å². The molecule has 12 rings (SSSR count). The lowest BCUT2D eigenvalue weighted by Gasteiger charge is -2.24. The molecule has 1 aliphatic rings. The Labute approximate surface area is 357 Å². The second-order valence-corrected chi connectivity index (χ2v) is 16.5. The van der Waals surface area contributed by atoms with E-state index in [1.807, 2.05) is 17.8 Å². The fourth-order valence-electron chi connectivity index (χ4n) is 9.04. The molecule has 0 amide bonds. The van der Waals surface area contributed by atoms with Gasteiger partial charge in [0.15, 0.2) is 5.82 Å². The Morgan fingerprint density at radius 2 is 1.03 bits per heavy atom. The third kappa shape index (κ3) is 6.13. The first-order valence-electron chi connectivity index (χ1n) is 20.6. The minimum atomic E-state index is 0.669. The Balaban J connectivity index is 1.02. The molecule has 0 saturated carbocycles. The molecular weight excluding hydrogens is 761 g/mol. The zero-order valence-electron chi connectivity index (χ0n) is 33.0. The maximum Gasteiger partial charge on any atom is 0.160 e. The maximum absolute atomic E-state index is 5.45. The van der Waals surface area contributed by atoms with Gasteiger partial charge in [-0.15, -0.1) is 11.8 Å². The van der Waals surface area contributed by atoms with Gasteiger partial charge in [0.2, 0.25) is 0 Å². The molecule has 0 radical (unpaired) electrons. The topological polar surface area (TPSA) is 43.6 Å². The number of para-hydroxylation sites is 2. The van der Waals surface area contributed by atoms with Crippen LogP contribution in [0.5, 0.6) is 0 Å². The minimum absolute atomic E-state index is 0.669. The lowest BCUT2D eigenvalue weighted by molar-refractivity contribution is 1.16. The fourth-order valence-corrected chi connectivity index (χ4v) is 10.1. The van der Waals surface area contributed by atoms with E-state index in [9.17, 15) is 0 Å². The summed E-state index contributed by atoms with van der Waals surface area (Å²) in [7, 11) is 0. The van der Waals surface area contributed by atoms with E-state index in [2.05, 4.69) is 205 Å². The lowest BCUT2D eigenvalue weighted by Crippen LogP contribution is -2.03. The van der Waals surface area contributed by atoms with Crippen LogP contribution in [0.3, 0.4) is 0 Å². The summed E-state index contributed by atoms with van der Waals surface area (Å²) in [5.41, 5.74) is 17.4. The summed E-state index contributed by atoms with van der Waals surface area (Å²) in [5.74, 6) is 1.50. The number of hydrogen-bond acceptors (Lipinski definition) is 4. The monoisotopic (exact) mass is 796 g/mol. The molecule has 0 atom stereocenters. The Kier molecular flexibility index (Phi) is 8.46. The highest BCUT2D eigenvalue weighted by atomic mass is 32.2. The largest absolute Gasteiger partial charge is 0.309 e. The van der Waals surface area contributed by atoms with Crippen molar-refractivity contribution in [3.05, 3.63) is 212 Å². The summed E-state index contributed by atoms with van der Waals surface area (Å²) in [4.78, 5) is 17.3. The molecule has 11 aromatic rings.